The van der Waals surface area contributed by atoms with Gasteiger partial charge in [-0.2, -0.15) is 0 Å². The summed E-state index contributed by atoms with van der Waals surface area (Å²) in [5, 5.41) is 8.95. The van der Waals surface area contributed by atoms with Crippen LogP contribution in [-0.4, -0.2) is 74.2 Å². The van der Waals surface area contributed by atoms with Gasteiger partial charge in [-0.3, -0.25) is 4.90 Å². The average Bonchev–Trinajstić information content (AvgIpc) is 2.46. The second-order valence-corrected chi connectivity index (χ2v) is 5.65. The number of carboxylic acid groups (broad SMARTS) is 1. The Hall–Kier alpha value is -1.79. The van der Waals surface area contributed by atoms with E-state index in [0.29, 0.717) is 5.69 Å². The fourth-order valence-corrected chi connectivity index (χ4v) is 2.52. The molecule has 21 heavy (non-hydrogen) atoms. The van der Waals surface area contributed by atoms with Crippen molar-refractivity contribution >= 4 is 17.3 Å². The van der Waals surface area contributed by atoms with E-state index < -0.39 is 5.97 Å². The lowest BCUT2D eigenvalue weighted by Crippen LogP contribution is -2.46. The molecule has 0 saturated carbocycles. The minimum atomic E-state index is -0.951. The number of hydrogen-bond donors (Lipinski definition) is 2. The van der Waals surface area contributed by atoms with Crippen molar-refractivity contribution in [2.45, 2.75) is 0 Å². The number of carbonyl (C=O) groups is 1. The Kier molecular flexibility index (Phi) is 5.03. The van der Waals surface area contributed by atoms with Gasteiger partial charge >= 0.3 is 5.97 Å². The zero-order chi connectivity index (χ0) is 15.4. The standard InChI is InChI=1S/C15H24N4O2/c1-17-5-8-19(9-6-17)10-7-18(2)14-4-3-12(15(20)21)11-13(14)16/h3-4,11H,5-10,16H2,1-2H3,(H,20,21). The highest BCUT2D eigenvalue weighted by Crippen LogP contribution is 2.23. The van der Waals surface area contributed by atoms with Crippen LogP contribution in [0.5, 0.6) is 0 Å². The van der Waals surface area contributed by atoms with Crippen molar-refractivity contribution in [3.05, 3.63) is 23.8 Å². The lowest BCUT2D eigenvalue weighted by atomic mass is 10.1. The van der Waals surface area contributed by atoms with E-state index in [1.54, 1.807) is 12.1 Å². The molecule has 0 unspecified atom stereocenters. The van der Waals surface area contributed by atoms with Gasteiger partial charge in [0, 0.05) is 46.3 Å². The molecule has 1 aliphatic rings. The number of piperazine rings is 1. The molecule has 1 heterocycles. The number of nitrogens with two attached hydrogens (primary N) is 1. The normalized spacial score (nSPS) is 16.9. The first-order valence-electron chi connectivity index (χ1n) is 7.22. The molecule has 1 saturated heterocycles. The first-order chi connectivity index (χ1) is 9.97. The molecule has 1 aliphatic heterocycles. The second-order valence-electron chi connectivity index (χ2n) is 5.65. The quantitative estimate of drug-likeness (QED) is 0.776. The molecule has 116 valence electrons. The van der Waals surface area contributed by atoms with Gasteiger partial charge in [-0.25, -0.2) is 4.79 Å². The van der Waals surface area contributed by atoms with Crippen molar-refractivity contribution in [1.29, 1.82) is 0 Å². The fourth-order valence-electron chi connectivity index (χ4n) is 2.52. The first kappa shape index (κ1) is 15.6. The van der Waals surface area contributed by atoms with Crippen LogP contribution in [0, 0.1) is 0 Å². The average molecular weight is 292 g/mol. The molecule has 0 atom stereocenters. The Bertz CT molecular complexity index is 498. The van der Waals surface area contributed by atoms with E-state index in [1.165, 1.54) is 6.07 Å². The summed E-state index contributed by atoms with van der Waals surface area (Å²) in [6.45, 7) is 6.28. The lowest BCUT2D eigenvalue weighted by Gasteiger charge is -2.33. The van der Waals surface area contributed by atoms with Gasteiger partial charge in [0.2, 0.25) is 0 Å². The Labute approximate surface area is 125 Å². The predicted molar refractivity (Wildman–Crippen MR) is 85.0 cm³/mol. The third kappa shape index (κ3) is 4.09. The van der Waals surface area contributed by atoms with E-state index in [0.717, 1.165) is 45.0 Å². The van der Waals surface area contributed by atoms with Crippen LogP contribution < -0.4 is 10.6 Å². The molecular formula is C15H24N4O2. The molecule has 2 rings (SSSR count). The third-order valence-electron chi connectivity index (χ3n) is 4.03. The van der Waals surface area contributed by atoms with E-state index in [1.807, 2.05) is 7.05 Å². The number of likely N-dealkylation sites (N-methyl/N-ethyl adjacent to an activating group) is 2. The molecule has 0 aromatic heterocycles. The molecule has 0 spiro atoms. The van der Waals surface area contributed by atoms with Crippen LogP contribution in [0.25, 0.3) is 0 Å². The van der Waals surface area contributed by atoms with E-state index >= 15 is 0 Å². The fraction of sp³-hybridized carbons (Fsp3) is 0.533. The molecule has 0 bridgehead atoms. The second kappa shape index (κ2) is 6.78. The topological polar surface area (TPSA) is 73.0 Å². The molecular weight excluding hydrogens is 268 g/mol. The number of benzene rings is 1. The van der Waals surface area contributed by atoms with Crippen LogP contribution >= 0.6 is 0 Å². The monoisotopic (exact) mass is 292 g/mol. The minimum absolute atomic E-state index is 0.226. The number of aromatic carboxylic acids is 1. The SMILES string of the molecule is CN1CCN(CCN(C)c2ccc(C(=O)O)cc2N)CC1. The number of rotatable bonds is 5. The Morgan fingerprint density at radius 1 is 1.33 bits per heavy atom. The van der Waals surface area contributed by atoms with Gasteiger partial charge in [-0.05, 0) is 25.2 Å². The van der Waals surface area contributed by atoms with Crippen LogP contribution in [0.1, 0.15) is 10.4 Å². The zero-order valence-corrected chi connectivity index (χ0v) is 12.7. The van der Waals surface area contributed by atoms with Crippen LogP contribution in [0.15, 0.2) is 18.2 Å². The third-order valence-corrected chi connectivity index (χ3v) is 4.03. The first-order valence-corrected chi connectivity index (χ1v) is 7.22. The van der Waals surface area contributed by atoms with E-state index in [-0.39, 0.29) is 5.56 Å². The van der Waals surface area contributed by atoms with Gasteiger partial charge < -0.3 is 20.6 Å². The highest BCUT2D eigenvalue weighted by Gasteiger charge is 2.15. The predicted octanol–water partition coefficient (Wildman–Crippen LogP) is 0.651. The summed E-state index contributed by atoms with van der Waals surface area (Å²) in [7, 11) is 4.14. The summed E-state index contributed by atoms with van der Waals surface area (Å²) in [5.74, 6) is -0.951. The molecule has 6 nitrogen and oxygen atoms in total. The molecule has 3 N–H and O–H groups in total. The van der Waals surface area contributed by atoms with E-state index in [2.05, 4.69) is 21.7 Å². The van der Waals surface area contributed by atoms with Gasteiger partial charge in [0.15, 0.2) is 0 Å². The van der Waals surface area contributed by atoms with Gasteiger partial charge in [-0.1, -0.05) is 0 Å². The smallest absolute Gasteiger partial charge is 0.335 e. The number of anilines is 2. The maximum absolute atomic E-state index is 10.9. The van der Waals surface area contributed by atoms with Crippen LogP contribution in [-0.2, 0) is 0 Å². The molecule has 0 amide bonds. The van der Waals surface area contributed by atoms with E-state index in [4.69, 9.17) is 10.8 Å². The summed E-state index contributed by atoms with van der Waals surface area (Å²) >= 11 is 0. The van der Waals surface area contributed by atoms with Crippen LogP contribution in [0.2, 0.25) is 0 Å². The Morgan fingerprint density at radius 3 is 2.57 bits per heavy atom. The van der Waals surface area contributed by atoms with Crippen molar-refractivity contribution in [2.75, 3.05) is 64.0 Å². The molecule has 6 heteroatoms. The molecule has 1 aromatic carbocycles. The minimum Gasteiger partial charge on any atom is -0.478 e. The van der Waals surface area contributed by atoms with Crippen LogP contribution in [0.3, 0.4) is 0 Å². The van der Waals surface area contributed by atoms with Crippen molar-refractivity contribution in [3.8, 4) is 0 Å². The van der Waals surface area contributed by atoms with Gasteiger partial charge in [0.25, 0.3) is 0 Å². The van der Waals surface area contributed by atoms with Crippen molar-refractivity contribution in [3.63, 3.8) is 0 Å². The number of hydrogen-bond acceptors (Lipinski definition) is 5. The van der Waals surface area contributed by atoms with Crippen molar-refractivity contribution in [1.82, 2.24) is 9.80 Å². The summed E-state index contributed by atoms with van der Waals surface area (Å²) in [4.78, 5) is 17.8. The number of nitrogen functional groups attached to an aromatic ring is 1. The zero-order valence-electron chi connectivity index (χ0n) is 12.7. The van der Waals surface area contributed by atoms with Crippen molar-refractivity contribution < 1.29 is 9.90 Å². The lowest BCUT2D eigenvalue weighted by molar-refractivity contribution is 0.0697. The largest absolute Gasteiger partial charge is 0.478 e. The molecule has 0 aliphatic carbocycles. The maximum Gasteiger partial charge on any atom is 0.335 e. The number of carboxylic acids is 1. The van der Waals surface area contributed by atoms with Crippen molar-refractivity contribution in [2.24, 2.45) is 0 Å². The molecule has 0 radical (unpaired) electrons. The van der Waals surface area contributed by atoms with Gasteiger partial charge in [0.05, 0.1) is 16.9 Å². The van der Waals surface area contributed by atoms with E-state index in [9.17, 15) is 4.79 Å². The Balaban J connectivity index is 1.91. The highest BCUT2D eigenvalue weighted by molar-refractivity contribution is 5.90. The van der Waals surface area contributed by atoms with Gasteiger partial charge in [0.1, 0.15) is 0 Å². The Morgan fingerprint density at radius 2 is 2.00 bits per heavy atom. The highest BCUT2D eigenvalue weighted by atomic mass is 16.4. The molecule has 1 aromatic rings. The number of nitrogens with zero attached hydrogens (tertiary/aromatic N) is 3. The van der Waals surface area contributed by atoms with Gasteiger partial charge in [-0.15, -0.1) is 0 Å². The molecule has 1 fully saturated rings. The maximum atomic E-state index is 10.9. The summed E-state index contributed by atoms with van der Waals surface area (Å²) in [6.07, 6.45) is 0. The summed E-state index contributed by atoms with van der Waals surface area (Å²) in [5.41, 5.74) is 7.58. The summed E-state index contributed by atoms with van der Waals surface area (Å²) < 4.78 is 0. The summed E-state index contributed by atoms with van der Waals surface area (Å²) in [6, 6.07) is 4.90. The van der Waals surface area contributed by atoms with Crippen LogP contribution in [0.4, 0.5) is 11.4 Å².